The zero-order valence-corrected chi connectivity index (χ0v) is 13.7. The molecule has 8 heteroatoms. The highest BCUT2D eigenvalue weighted by Gasteiger charge is 2.10. The summed E-state index contributed by atoms with van der Waals surface area (Å²) >= 11 is 0. The normalized spacial score (nSPS) is 11.3. The van der Waals surface area contributed by atoms with Gasteiger partial charge in [-0.05, 0) is 36.2 Å². The van der Waals surface area contributed by atoms with Crippen molar-refractivity contribution in [2.24, 2.45) is 0 Å². The Labute approximate surface area is 138 Å². The number of nitrogens with one attached hydrogen (secondary N) is 2. The number of rotatable bonds is 6. The van der Waals surface area contributed by atoms with E-state index in [2.05, 4.69) is 10.0 Å². The molecule has 1 amide bonds. The molecule has 0 aromatic heterocycles. The molecule has 0 heterocycles. The van der Waals surface area contributed by atoms with Crippen LogP contribution in [0.1, 0.15) is 15.9 Å². The molecule has 24 heavy (non-hydrogen) atoms. The minimum atomic E-state index is -3.23. The molecule has 0 saturated carbocycles. The number of carbonyl (C=O) groups is 1. The van der Waals surface area contributed by atoms with E-state index in [9.17, 15) is 22.0 Å². The Morgan fingerprint density at radius 2 is 1.75 bits per heavy atom. The van der Waals surface area contributed by atoms with Crippen molar-refractivity contribution < 1.29 is 22.0 Å². The van der Waals surface area contributed by atoms with Crippen LogP contribution in [0.2, 0.25) is 0 Å². The first kappa shape index (κ1) is 18.0. The van der Waals surface area contributed by atoms with Gasteiger partial charge in [0.1, 0.15) is 11.6 Å². The Balaban J connectivity index is 1.98. The third kappa shape index (κ3) is 5.39. The van der Waals surface area contributed by atoms with E-state index in [1.807, 2.05) is 0 Å². The molecule has 0 atom stereocenters. The third-order valence-electron chi connectivity index (χ3n) is 3.17. The highest BCUT2D eigenvalue weighted by atomic mass is 32.2. The molecular weight excluding hydrogens is 338 g/mol. The lowest BCUT2D eigenvalue weighted by molar-refractivity contribution is 0.102. The molecule has 0 aliphatic rings. The van der Waals surface area contributed by atoms with E-state index in [4.69, 9.17) is 0 Å². The summed E-state index contributed by atoms with van der Waals surface area (Å²) in [5.74, 6) is -2.11. The fourth-order valence-corrected chi connectivity index (χ4v) is 2.46. The van der Waals surface area contributed by atoms with Crippen LogP contribution in [0.4, 0.5) is 14.5 Å². The van der Waals surface area contributed by atoms with Crippen LogP contribution in [-0.2, 0) is 16.4 Å². The molecule has 5 nitrogen and oxygen atoms in total. The topological polar surface area (TPSA) is 75.3 Å². The smallest absolute Gasteiger partial charge is 0.255 e. The summed E-state index contributed by atoms with van der Waals surface area (Å²) in [6, 6.07) is 9.34. The van der Waals surface area contributed by atoms with Crippen LogP contribution < -0.4 is 10.0 Å². The first-order valence-electron chi connectivity index (χ1n) is 7.04. The van der Waals surface area contributed by atoms with E-state index < -0.39 is 27.6 Å². The minimum Gasteiger partial charge on any atom is -0.319 e. The lowest BCUT2D eigenvalue weighted by Crippen LogP contribution is -2.24. The number of hydrogen-bond acceptors (Lipinski definition) is 3. The second kappa shape index (κ2) is 7.50. The van der Waals surface area contributed by atoms with E-state index in [-0.39, 0.29) is 12.2 Å². The van der Waals surface area contributed by atoms with Crippen molar-refractivity contribution in [3.05, 3.63) is 65.2 Å². The predicted octanol–water partition coefficient (Wildman–Crippen LogP) is 2.31. The Morgan fingerprint density at radius 3 is 2.33 bits per heavy atom. The van der Waals surface area contributed by atoms with Gasteiger partial charge in [-0.2, -0.15) is 0 Å². The Morgan fingerprint density at radius 1 is 1.08 bits per heavy atom. The Bertz CT molecular complexity index is 837. The van der Waals surface area contributed by atoms with Crippen molar-refractivity contribution in [3.63, 3.8) is 0 Å². The SMILES string of the molecule is CS(=O)(=O)NCCc1ccc(C(=O)Nc2ccc(F)cc2F)cc1. The van der Waals surface area contributed by atoms with Gasteiger partial charge in [0.05, 0.1) is 11.9 Å². The van der Waals surface area contributed by atoms with Gasteiger partial charge in [-0.15, -0.1) is 0 Å². The van der Waals surface area contributed by atoms with Gasteiger partial charge in [-0.25, -0.2) is 21.9 Å². The molecule has 0 aliphatic carbocycles. The molecule has 128 valence electrons. The van der Waals surface area contributed by atoms with E-state index >= 15 is 0 Å². The predicted molar refractivity (Wildman–Crippen MR) is 87.3 cm³/mol. The summed E-state index contributed by atoms with van der Waals surface area (Å²) in [7, 11) is -3.23. The summed E-state index contributed by atoms with van der Waals surface area (Å²) in [5, 5.41) is 2.36. The standard InChI is InChI=1S/C16H16F2N2O3S/c1-24(22,23)19-9-8-11-2-4-12(5-3-11)16(21)20-15-7-6-13(17)10-14(15)18/h2-7,10,19H,8-9H2,1H3,(H,20,21). The molecule has 2 aromatic carbocycles. The van der Waals surface area contributed by atoms with Gasteiger partial charge in [0.25, 0.3) is 5.91 Å². The molecule has 0 bridgehead atoms. The number of halogens is 2. The van der Waals surface area contributed by atoms with Crippen LogP contribution in [0.3, 0.4) is 0 Å². The molecule has 2 aromatic rings. The maximum atomic E-state index is 13.5. The quantitative estimate of drug-likeness (QED) is 0.836. The van der Waals surface area contributed by atoms with Crippen LogP contribution in [0.15, 0.2) is 42.5 Å². The number of benzene rings is 2. The monoisotopic (exact) mass is 354 g/mol. The first-order valence-corrected chi connectivity index (χ1v) is 8.94. The molecule has 2 rings (SSSR count). The first-order chi connectivity index (χ1) is 11.2. The van der Waals surface area contributed by atoms with Gasteiger partial charge in [0, 0.05) is 18.2 Å². The average Bonchev–Trinajstić information content (AvgIpc) is 2.49. The van der Waals surface area contributed by atoms with Crippen molar-refractivity contribution in [1.82, 2.24) is 4.72 Å². The second-order valence-electron chi connectivity index (χ2n) is 5.19. The summed E-state index contributed by atoms with van der Waals surface area (Å²) in [6.45, 7) is 0.255. The van der Waals surface area contributed by atoms with Crippen molar-refractivity contribution in [2.45, 2.75) is 6.42 Å². The second-order valence-corrected chi connectivity index (χ2v) is 7.02. The number of carbonyl (C=O) groups excluding carboxylic acids is 1. The molecule has 0 saturated heterocycles. The van der Waals surface area contributed by atoms with Gasteiger partial charge in [0.15, 0.2) is 0 Å². The van der Waals surface area contributed by atoms with Gasteiger partial charge in [-0.1, -0.05) is 12.1 Å². The molecule has 0 aliphatic heterocycles. The van der Waals surface area contributed by atoms with Crippen LogP contribution in [0, 0.1) is 11.6 Å². The molecular formula is C16H16F2N2O3S. The largest absolute Gasteiger partial charge is 0.319 e. The van der Waals surface area contributed by atoms with Crippen molar-refractivity contribution in [2.75, 3.05) is 18.1 Å². The Kier molecular flexibility index (Phi) is 5.63. The van der Waals surface area contributed by atoms with Crippen molar-refractivity contribution >= 4 is 21.6 Å². The van der Waals surface area contributed by atoms with Gasteiger partial charge in [-0.3, -0.25) is 4.79 Å². The zero-order valence-electron chi connectivity index (χ0n) is 12.8. The third-order valence-corrected chi connectivity index (χ3v) is 3.90. The number of anilines is 1. The van der Waals surface area contributed by atoms with E-state index in [0.717, 1.165) is 24.0 Å². The average molecular weight is 354 g/mol. The summed E-state index contributed by atoms with van der Waals surface area (Å²) < 4.78 is 50.7. The van der Waals surface area contributed by atoms with Crippen LogP contribution >= 0.6 is 0 Å². The fraction of sp³-hybridized carbons (Fsp3) is 0.188. The zero-order chi connectivity index (χ0) is 17.7. The summed E-state index contributed by atoms with van der Waals surface area (Å²) in [4.78, 5) is 12.0. The molecule has 0 spiro atoms. The fourth-order valence-electron chi connectivity index (χ4n) is 1.99. The minimum absolute atomic E-state index is 0.108. The Hall–Kier alpha value is -2.32. The van der Waals surface area contributed by atoms with E-state index in [1.54, 1.807) is 24.3 Å². The highest BCUT2D eigenvalue weighted by Crippen LogP contribution is 2.16. The molecule has 2 N–H and O–H groups in total. The molecule has 0 radical (unpaired) electrons. The van der Waals surface area contributed by atoms with Crippen molar-refractivity contribution in [3.8, 4) is 0 Å². The number of amides is 1. The van der Waals surface area contributed by atoms with E-state index in [1.165, 1.54) is 0 Å². The lowest BCUT2D eigenvalue weighted by atomic mass is 10.1. The lowest BCUT2D eigenvalue weighted by Gasteiger charge is -2.07. The van der Waals surface area contributed by atoms with E-state index in [0.29, 0.717) is 18.1 Å². The van der Waals surface area contributed by atoms with Gasteiger partial charge < -0.3 is 5.32 Å². The maximum absolute atomic E-state index is 13.5. The molecule has 0 unspecified atom stereocenters. The van der Waals surface area contributed by atoms with Crippen molar-refractivity contribution in [1.29, 1.82) is 0 Å². The van der Waals surface area contributed by atoms with Gasteiger partial charge in [0.2, 0.25) is 10.0 Å². The molecule has 0 fully saturated rings. The highest BCUT2D eigenvalue weighted by molar-refractivity contribution is 7.88. The summed E-state index contributed by atoms with van der Waals surface area (Å²) in [6.07, 6.45) is 1.55. The van der Waals surface area contributed by atoms with Crippen LogP contribution in [0.25, 0.3) is 0 Å². The number of sulfonamides is 1. The van der Waals surface area contributed by atoms with Gasteiger partial charge >= 0.3 is 0 Å². The number of hydrogen-bond donors (Lipinski definition) is 2. The summed E-state index contributed by atoms with van der Waals surface area (Å²) in [5.41, 5.74) is 1.04. The van der Waals surface area contributed by atoms with Crippen LogP contribution in [-0.4, -0.2) is 27.1 Å². The maximum Gasteiger partial charge on any atom is 0.255 e. The van der Waals surface area contributed by atoms with Crippen LogP contribution in [0.5, 0.6) is 0 Å².